The fraction of sp³-hybridized carbons (Fsp3) is 0.409. The van der Waals surface area contributed by atoms with Crippen molar-refractivity contribution in [1.82, 2.24) is 10.3 Å². The summed E-state index contributed by atoms with van der Waals surface area (Å²) in [5.74, 6) is -3.99. The largest absolute Gasteiger partial charge is 0.503 e. The molecule has 32 heavy (non-hydrogen) atoms. The van der Waals surface area contributed by atoms with Gasteiger partial charge in [-0.2, -0.15) is 0 Å². The summed E-state index contributed by atoms with van der Waals surface area (Å²) in [6, 6.07) is 3.18. The van der Waals surface area contributed by atoms with Gasteiger partial charge in [0.1, 0.15) is 24.1 Å². The van der Waals surface area contributed by atoms with Crippen LogP contribution >= 0.6 is 0 Å². The highest BCUT2D eigenvalue weighted by atomic mass is 19.1. The molecule has 2 aromatic rings. The number of nitrogens with zero attached hydrogens (tertiary/aromatic N) is 1. The number of hydrogen-bond donors (Lipinski definition) is 2. The van der Waals surface area contributed by atoms with Crippen LogP contribution in [0.3, 0.4) is 0 Å². The zero-order valence-corrected chi connectivity index (χ0v) is 18.4. The fourth-order valence-electron chi connectivity index (χ4n) is 2.94. The van der Waals surface area contributed by atoms with E-state index in [9.17, 15) is 23.5 Å². The van der Waals surface area contributed by atoms with E-state index in [1.165, 1.54) is 26.3 Å². The number of ether oxygens (including phenoxy) is 3. The van der Waals surface area contributed by atoms with Gasteiger partial charge >= 0.3 is 5.97 Å². The second-order valence-electron chi connectivity index (χ2n) is 7.45. The van der Waals surface area contributed by atoms with Crippen molar-refractivity contribution in [2.45, 2.75) is 45.9 Å². The summed E-state index contributed by atoms with van der Waals surface area (Å²) in [5.41, 5.74) is -0.312. The van der Waals surface area contributed by atoms with Crippen LogP contribution in [0.25, 0.3) is 0 Å². The lowest BCUT2D eigenvalue weighted by molar-refractivity contribution is -0.158. The first-order valence-corrected chi connectivity index (χ1v) is 9.90. The van der Waals surface area contributed by atoms with Gasteiger partial charge in [-0.1, -0.05) is 13.8 Å². The lowest BCUT2D eigenvalue weighted by atomic mass is 10.0. The highest BCUT2D eigenvalue weighted by molar-refractivity contribution is 5.97. The highest BCUT2D eigenvalue weighted by Crippen LogP contribution is 2.27. The Balaban J connectivity index is 2.06. The second-order valence-corrected chi connectivity index (χ2v) is 7.45. The van der Waals surface area contributed by atoms with Crippen LogP contribution in [-0.4, -0.2) is 47.3 Å². The number of nitrogens with one attached hydrogen (secondary N) is 1. The van der Waals surface area contributed by atoms with Gasteiger partial charge in [-0.3, -0.25) is 4.79 Å². The van der Waals surface area contributed by atoms with Crippen molar-refractivity contribution in [3.63, 3.8) is 0 Å². The normalized spacial score (nSPS) is 13.8. The molecular formula is C22H26F2N2O6. The van der Waals surface area contributed by atoms with Crippen molar-refractivity contribution in [2.24, 2.45) is 5.92 Å². The number of rotatable bonds is 9. The van der Waals surface area contributed by atoms with Crippen LogP contribution in [0, 0.1) is 17.6 Å². The summed E-state index contributed by atoms with van der Waals surface area (Å²) in [6.07, 6.45) is -0.292. The van der Waals surface area contributed by atoms with Crippen LogP contribution in [0.1, 0.15) is 38.2 Å². The molecule has 1 amide bonds. The van der Waals surface area contributed by atoms with E-state index in [1.807, 2.05) is 0 Å². The zero-order chi connectivity index (χ0) is 24.0. The van der Waals surface area contributed by atoms with Crippen molar-refractivity contribution in [1.29, 1.82) is 0 Å². The smallest absolute Gasteiger partial charge is 0.328 e. The quantitative estimate of drug-likeness (QED) is 0.563. The average Bonchev–Trinajstić information content (AvgIpc) is 2.73. The molecule has 1 aromatic heterocycles. The van der Waals surface area contributed by atoms with Crippen molar-refractivity contribution in [2.75, 3.05) is 7.11 Å². The Morgan fingerprint density at radius 1 is 1.09 bits per heavy atom. The summed E-state index contributed by atoms with van der Waals surface area (Å²) in [4.78, 5) is 28.8. The lowest BCUT2D eigenvalue weighted by Gasteiger charge is -2.29. The van der Waals surface area contributed by atoms with Gasteiger partial charge in [0.25, 0.3) is 5.91 Å². The van der Waals surface area contributed by atoms with Gasteiger partial charge < -0.3 is 24.6 Å². The molecule has 0 fully saturated rings. The molecule has 2 rings (SSSR count). The molecule has 10 heteroatoms. The first-order chi connectivity index (χ1) is 15.0. The summed E-state index contributed by atoms with van der Waals surface area (Å²) >= 11 is 0. The van der Waals surface area contributed by atoms with E-state index in [0.717, 1.165) is 12.1 Å². The molecule has 3 atom stereocenters. The standard InChI is InChI=1S/C22H26F2N2O6/c1-11(2)20(13(4)31-16-7-6-14(23)10-15(16)24)32-22(29)12(3)26-21(28)18-19(27)17(30-5)8-9-25-18/h6-13,20,27H,1-5H3,(H,26,28)/t12-,13-,20?/m0/s1. The van der Waals surface area contributed by atoms with Gasteiger partial charge in [0.05, 0.1) is 7.11 Å². The maximum absolute atomic E-state index is 13.9. The number of esters is 1. The van der Waals surface area contributed by atoms with Crippen LogP contribution in [0.4, 0.5) is 8.78 Å². The summed E-state index contributed by atoms with van der Waals surface area (Å²) in [7, 11) is 1.32. The molecule has 1 aromatic carbocycles. The maximum atomic E-state index is 13.9. The van der Waals surface area contributed by atoms with E-state index >= 15 is 0 Å². The highest BCUT2D eigenvalue weighted by Gasteiger charge is 2.30. The molecule has 0 saturated heterocycles. The molecule has 1 heterocycles. The van der Waals surface area contributed by atoms with E-state index < -0.39 is 47.5 Å². The van der Waals surface area contributed by atoms with E-state index in [-0.39, 0.29) is 23.1 Å². The monoisotopic (exact) mass is 452 g/mol. The van der Waals surface area contributed by atoms with Crippen LogP contribution < -0.4 is 14.8 Å². The van der Waals surface area contributed by atoms with Crippen LogP contribution in [-0.2, 0) is 9.53 Å². The van der Waals surface area contributed by atoms with Gasteiger partial charge in [-0.05, 0) is 31.9 Å². The lowest BCUT2D eigenvalue weighted by Crippen LogP contribution is -2.45. The Morgan fingerprint density at radius 3 is 2.38 bits per heavy atom. The predicted octanol–water partition coefficient (Wildman–Crippen LogP) is 3.23. The molecule has 8 nitrogen and oxygen atoms in total. The van der Waals surface area contributed by atoms with Crippen LogP contribution in [0.15, 0.2) is 30.5 Å². The first kappa shape index (κ1) is 24.8. The summed E-state index contributed by atoms with van der Waals surface area (Å²) in [5, 5.41) is 12.4. The fourth-order valence-corrected chi connectivity index (χ4v) is 2.94. The number of aromatic nitrogens is 1. The number of benzene rings is 1. The Bertz CT molecular complexity index is 969. The van der Waals surface area contributed by atoms with Gasteiger partial charge in [-0.25, -0.2) is 18.6 Å². The third-order valence-corrected chi connectivity index (χ3v) is 4.60. The van der Waals surface area contributed by atoms with E-state index in [1.54, 1.807) is 20.8 Å². The van der Waals surface area contributed by atoms with Gasteiger partial charge in [0.2, 0.25) is 0 Å². The topological polar surface area (TPSA) is 107 Å². The molecule has 174 valence electrons. The third-order valence-electron chi connectivity index (χ3n) is 4.60. The molecule has 0 bridgehead atoms. The van der Waals surface area contributed by atoms with Gasteiger partial charge in [0.15, 0.2) is 28.8 Å². The van der Waals surface area contributed by atoms with Crippen molar-refractivity contribution in [3.05, 3.63) is 47.8 Å². The summed E-state index contributed by atoms with van der Waals surface area (Å²) < 4.78 is 43.0. The molecule has 0 aliphatic rings. The van der Waals surface area contributed by atoms with Crippen LogP contribution in [0.2, 0.25) is 0 Å². The molecule has 0 spiro atoms. The number of aromatic hydroxyl groups is 1. The number of amides is 1. The Kier molecular flexibility index (Phi) is 8.34. The third kappa shape index (κ3) is 6.05. The number of hydrogen-bond acceptors (Lipinski definition) is 7. The zero-order valence-electron chi connectivity index (χ0n) is 18.4. The molecule has 0 aliphatic carbocycles. The van der Waals surface area contributed by atoms with E-state index in [4.69, 9.17) is 14.2 Å². The molecule has 1 unspecified atom stereocenters. The minimum absolute atomic E-state index is 0.0549. The number of carbonyl (C=O) groups is 2. The number of halogens is 2. The van der Waals surface area contributed by atoms with Gasteiger partial charge in [0, 0.05) is 18.3 Å². The number of methoxy groups -OCH3 is 1. The minimum Gasteiger partial charge on any atom is -0.503 e. The molecule has 2 N–H and O–H groups in total. The van der Waals surface area contributed by atoms with Crippen molar-refractivity contribution in [3.8, 4) is 17.2 Å². The van der Waals surface area contributed by atoms with Crippen molar-refractivity contribution < 1.29 is 37.7 Å². The number of carbonyl (C=O) groups excluding carboxylic acids is 2. The van der Waals surface area contributed by atoms with Crippen molar-refractivity contribution >= 4 is 11.9 Å². The molecule has 0 radical (unpaired) electrons. The maximum Gasteiger partial charge on any atom is 0.328 e. The van der Waals surface area contributed by atoms with E-state index in [0.29, 0.717) is 6.07 Å². The minimum atomic E-state index is -1.09. The second kappa shape index (κ2) is 10.7. The van der Waals surface area contributed by atoms with E-state index in [2.05, 4.69) is 10.3 Å². The van der Waals surface area contributed by atoms with Gasteiger partial charge in [-0.15, -0.1) is 0 Å². The molecule has 0 aliphatic heterocycles. The first-order valence-electron chi connectivity index (χ1n) is 9.90. The SMILES string of the molecule is COc1ccnc(C(=O)N[C@@H](C)C(=O)OC(C(C)C)[C@H](C)Oc2ccc(F)cc2F)c1O. The summed E-state index contributed by atoms with van der Waals surface area (Å²) in [6.45, 7) is 6.54. The predicted molar refractivity (Wildman–Crippen MR) is 111 cm³/mol. The Hall–Kier alpha value is -3.43. The van der Waals surface area contributed by atoms with Crippen LogP contribution in [0.5, 0.6) is 17.2 Å². The number of pyridine rings is 1. The average molecular weight is 452 g/mol. The Morgan fingerprint density at radius 2 is 1.78 bits per heavy atom. The molecular weight excluding hydrogens is 426 g/mol. The molecule has 0 saturated carbocycles. The Labute approximate surface area is 184 Å².